The summed E-state index contributed by atoms with van der Waals surface area (Å²) in [5, 5.41) is 13.7. The molecule has 3 N–H and O–H groups in total. The number of ether oxygens (including phenoxy) is 2. The predicted octanol–water partition coefficient (Wildman–Crippen LogP) is 0.590. The lowest BCUT2D eigenvalue weighted by Crippen LogP contribution is -2.48. The number of carboxylic acids is 1. The van der Waals surface area contributed by atoms with Crippen LogP contribution in [0.5, 0.6) is 0 Å². The lowest BCUT2D eigenvalue weighted by atomic mass is 10.3. The first-order valence-electron chi connectivity index (χ1n) is 6.35. The minimum absolute atomic E-state index is 0.0645. The molecule has 0 saturated carbocycles. The van der Waals surface area contributed by atoms with Gasteiger partial charge in [-0.05, 0) is 26.7 Å². The van der Waals surface area contributed by atoms with Gasteiger partial charge >= 0.3 is 12.0 Å². The summed E-state index contributed by atoms with van der Waals surface area (Å²) in [4.78, 5) is 22.2. The van der Waals surface area contributed by atoms with E-state index in [0.717, 1.165) is 12.8 Å². The van der Waals surface area contributed by atoms with Crippen LogP contribution >= 0.6 is 0 Å². The zero-order valence-electron chi connectivity index (χ0n) is 11.8. The smallest absolute Gasteiger partial charge is 0.328 e. The molecule has 0 saturated heterocycles. The van der Waals surface area contributed by atoms with E-state index in [0.29, 0.717) is 13.2 Å². The number of carboxylic acid groups (broad SMARTS) is 1. The number of rotatable bonds is 10. The Labute approximate surface area is 113 Å². The minimum Gasteiger partial charge on any atom is -0.480 e. The summed E-state index contributed by atoms with van der Waals surface area (Å²) < 4.78 is 10.1. The number of nitrogens with one attached hydrogen (secondary N) is 2. The van der Waals surface area contributed by atoms with E-state index in [1.807, 2.05) is 13.8 Å². The van der Waals surface area contributed by atoms with Gasteiger partial charge in [0.05, 0.1) is 12.7 Å². The van der Waals surface area contributed by atoms with Gasteiger partial charge in [0, 0.05) is 20.3 Å². The number of hydrogen-bond acceptors (Lipinski definition) is 4. The third kappa shape index (κ3) is 10.3. The number of urea groups is 1. The lowest BCUT2D eigenvalue weighted by molar-refractivity contribution is -0.140. The van der Waals surface area contributed by atoms with Gasteiger partial charge in [0.2, 0.25) is 0 Å². The van der Waals surface area contributed by atoms with Crippen molar-refractivity contribution in [3.8, 4) is 0 Å². The Balaban J connectivity index is 3.65. The summed E-state index contributed by atoms with van der Waals surface area (Å²) in [6, 6.07) is -1.54. The maximum absolute atomic E-state index is 11.4. The molecule has 0 bridgehead atoms. The van der Waals surface area contributed by atoms with Gasteiger partial charge in [0.25, 0.3) is 0 Å². The van der Waals surface area contributed by atoms with E-state index < -0.39 is 18.0 Å². The quantitative estimate of drug-likeness (QED) is 0.507. The summed E-state index contributed by atoms with van der Waals surface area (Å²) >= 11 is 0. The lowest BCUT2D eigenvalue weighted by Gasteiger charge is -2.14. The Hall–Kier alpha value is -1.34. The van der Waals surface area contributed by atoms with Crippen molar-refractivity contribution >= 4 is 12.0 Å². The standard InChI is InChI=1S/C12H24N2O5/c1-9(2)19-7-5-4-6-13-12(17)14-10(8-18-3)11(15)16/h9-10H,4-8H2,1-3H3,(H,15,16)(H2,13,14,17). The molecule has 0 fully saturated rings. The van der Waals surface area contributed by atoms with Crippen LogP contribution in [0.2, 0.25) is 0 Å². The van der Waals surface area contributed by atoms with Crippen LogP contribution in [-0.2, 0) is 14.3 Å². The van der Waals surface area contributed by atoms with E-state index in [1.165, 1.54) is 7.11 Å². The molecule has 0 spiro atoms. The molecule has 0 aromatic carbocycles. The Morgan fingerprint density at radius 3 is 2.47 bits per heavy atom. The molecule has 0 radical (unpaired) electrons. The molecule has 0 heterocycles. The maximum atomic E-state index is 11.4. The highest BCUT2D eigenvalue weighted by Gasteiger charge is 2.19. The SMILES string of the molecule is COCC(NC(=O)NCCCCOC(C)C)C(=O)O. The Morgan fingerprint density at radius 1 is 1.26 bits per heavy atom. The van der Waals surface area contributed by atoms with E-state index >= 15 is 0 Å². The third-order valence-electron chi connectivity index (χ3n) is 2.24. The topological polar surface area (TPSA) is 96.9 Å². The average molecular weight is 276 g/mol. The summed E-state index contributed by atoms with van der Waals surface area (Å²) in [5.74, 6) is -1.12. The van der Waals surface area contributed by atoms with E-state index in [1.54, 1.807) is 0 Å². The molecule has 0 aromatic heterocycles. The second-order valence-corrected chi connectivity index (χ2v) is 4.37. The van der Waals surface area contributed by atoms with Gasteiger partial charge in [0.1, 0.15) is 0 Å². The van der Waals surface area contributed by atoms with E-state index in [9.17, 15) is 9.59 Å². The van der Waals surface area contributed by atoms with Gasteiger partial charge in [-0.1, -0.05) is 0 Å². The number of carbonyl (C=O) groups is 2. The van der Waals surface area contributed by atoms with Crippen molar-refractivity contribution in [2.75, 3.05) is 26.9 Å². The molecule has 2 amide bonds. The number of unbranched alkanes of at least 4 members (excludes halogenated alkanes) is 1. The van der Waals surface area contributed by atoms with Crippen molar-refractivity contribution in [3.05, 3.63) is 0 Å². The first-order chi connectivity index (χ1) is 8.97. The molecule has 7 heteroatoms. The van der Waals surface area contributed by atoms with E-state index in [-0.39, 0.29) is 12.7 Å². The number of aliphatic carboxylic acids is 1. The molecule has 0 rings (SSSR count). The minimum atomic E-state index is -1.12. The fraction of sp³-hybridized carbons (Fsp3) is 0.833. The Kier molecular flexibility index (Phi) is 9.82. The van der Waals surface area contributed by atoms with Crippen LogP contribution in [0, 0.1) is 0 Å². The molecule has 112 valence electrons. The molecule has 1 unspecified atom stereocenters. The second-order valence-electron chi connectivity index (χ2n) is 4.37. The molecular weight excluding hydrogens is 252 g/mol. The summed E-state index contributed by atoms with van der Waals surface area (Å²) in [7, 11) is 1.38. The van der Waals surface area contributed by atoms with Crippen molar-refractivity contribution in [1.82, 2.24) is 10.6 Å². The Morgan fingerprint density at radius 2 is 1.95 bits per heavy atom. The van der Waals surface area contributed by atoms with Gasteiger partial charge in [-0.25, -0.2) is 9.59 Å². The zero-order chi connectivity index (χ0) is 14.7. The molecule has 0 aromatic rings. The van der Waals surface area contributed by atoms with Crippen LogP contribution in [0.3, 0.4) is 0 Å². The monoisotopic (exact) mass is 276 g/mol. The van der Waals surface area contributed by atoms with Crippen LogP contribution in [0.1, 0.15) is 26.7 Å². The van der Waals surface area contributed by atoms with Gasteiger partial charge in [-0.3, -0.25) is 0 Å². The first-order valence-corrected chi connectivity index (χ1v) is 6.35. The molecular formula is C12H24N2O5. The first kappa shape index (κ1) is 17.7. The third-order valence-corrected chi connectivity index (χ3v) is 2.24. The number of methoxy groups -OCH3 is 1. The predicted molar refractivity (Wildman–Crippen MR) is 70.2 cm³/mol. The van der Waals surface area contributed by atoms with Crippen LogP contribution in [-0.4, -0.2) is 56.1 Å². The summed E-state index contributed by atoms with van der Waals surface area (Å²) in [6.07, 6.45) is 1.84. The van der Waals surface area contributed by atoms with E-state index in [2.05, 4.69) is 10.6 Å². The highest BCUT2D eigenvalue weighted by molar-refractivity contribution is 5.82. The number of amides is 2. The normalized spacial score (nSPS) is 12.2. The van der Waals surface area contributed by atoms with Crippen molar-refractivity contribution in [2.24, 2.45) is 0 Å². The molecule has 1 atom stereocenters. The molecule has 0 aliphatic rings. The number of carbonyl (C=O) groups excluding carboxylic acids is 1. The van der Waals surface area contributed by atoms with Crippen LogP contribution in [0.15, 0.2) is 0 Å². The summed E-state index contributed by atoms with van der Waals surface area (Å²) in [6.45, 7) is 5.00. The molecule has 0 aliphatic carbocycles. The van der Waals surface area contributed by atoms with Gasteiger partial charge in [-0.15, -0.1) is 0 Å². The molecule has 19 heavy (non-hydrogen) atoms. The molecule has 7 nitrogen and oxygen atoms in total. The van der Waals surface area contributed by atoms with Crippen molar-refractivity contribution in [1.29, 1.82) is 0 Å². The van der Waals surface area contributed by atoms with Crippen molar-refractivity contribution < 1.29 is 24.2 Å². The highest BCUT2D eigenvalue weighted by atomic mass is 16.5. The maximum Gasteiger partial charge on any atom is 0.328 e. The van der Waals surface area contributed by atoms with Crippen LogP contribution in [0.25, 0.3) is 0 Å². The van der Waals surface area contributed by atoms with Crippen LogP contribution in [0.4, 0.5) is 4.79 Å². The fourth-order valence-corrected chi connectivity index (χ4v) is 1.30. The Bertz CT molecular complexity index is 271. The largest absolute Gasteiger partial charge is 0.480 e. The van der Waals surface area contributed by atoms with Gasteiger partial charge in [0.15, 0.2) is 6.04 Å². The number of hydrogen-bond donors (Lipinski definition) is 3. The second kappa shape index (κ2) is 10.6. The van der Waals surface area contributed by atoms with E-state index in [4.69, 9.17) is 14.6 Å². The fourth-order valence-electron chi connectivity index (χ4n) is 1.30. The average Bonchev–Trinajstić information content (AvgIpc) is 2.32. The highest BCUT2D eigenvalue weighted by Crippen LogP contribution is 1.93. The van der Waals surface area contributed by atoms with Gasteiger partial charge in [-0.2, -0.15) is 0 Å². The molecule has 0 aliphatic heterocycles. The zero-order valence-corrected chi connectivity index (χ0v) is 11.8. The summed E-state index contributed by atoms with van der Waals surface area (Å²) in [5.41, 5.74) is 0. The van der Waals surface area contributed by atoms with Crippen molar-refractivity contribution in [3.63, 3.8) is 0 Å². The van der Waals surface area contributed by atoms with Crippen LogP contribution < -0.4 is 10.6 Å². The van der Waals surface area contributed by atoms with Gasteiger partial charge < -0.3 is 25.2 Å². The van der Waals surface area contributed by atoms with Crippen molar-refractivity contribution in [2.45, 2.75) is 38.8 Å².